The van der Waals surface area contributed by atoms with Gasteiger partial charge in [-0.1, -0.05) is 44.6 Å². The van der Waals surface area contributed by atoms with Crippen LogP contribution in [0.2, 0.25) is 0 Å². The molecule has 2 N–H and O–H groups in total. The number of carbonyl (C=O) groups is 1. The second kappa shape index (κ2) is 8.25. The zero-order valence-corrected chi connectivity index (χ0v) is 22.0. The lowest BCUT2D eigenvalue weighted by atomic mass is 9.42. The summed E-state index contributed by atoms with van der Waals surface area (Å²) in [5.41, 5.74) is 2.85. The number of carboxylic acids is 1. The summed E-state index contributed by atoms with van der Waals surface area (Å²) in [7, 11) is 0. The highest BCUT2D eigenvalue weighted by molar-refractivity contribution is 5.67. The largest absolute Gasteiger partial charge is 0.481 e. The highest BCUT2D eigenvalue weighted by Gasteiger charge is 2.81. The molecule has 4 rings (SSSR count). The highest BCUT2D eigenvalue weighted by Crippen LogP contribution is 2.87. The van der Waals surface area contributed by atoms with E-state index in [0.717, 1.165) is 32.1 Å². The standard InChI is InChI=1S/C30H48O3/c1-19(2)9-8-10-21(5)23-13-15-27(6)24-12-11-22(20(3)4)29(16-14-26(32)33)18-30(24,29)17-25(31)28(23,27)7/h9,21-25,31H,3,8,10-18H2,1-2,4-7H3,(H,32,33)/t21-,22+,23-,24+,25-,27+,28+,29-,30+/m1/s1. The van der Waals surface area contributed by atoms with Crippen molar-refractivity contribution in [2.75, 3.05) is 0 Å². The van der Waals surface area contributed by atoms with Crippen LogP contribution in [0, 0.1) is 45.3 Å². The van der Waals surface area contributed by atoms with E-state index in [1.165, 1.54) is 36.8 Å². The minimum Gasteiger partial charge on any atom is -0.481 e. The predicted octanol–water partition coefficient (Wildman–Crippen LogP) is 7.40. The van der Waals surface area contributed by atoms with Gasteiger partial charge in [0.1, 0.15) is 0 Å². The van der Waals surface area contributed by atoms with Crippen molar-refractivity contribution in [3.05, 3.63) is 23.8 Å². The highest BCUT2D eigenvalue weighted by atomic mass is 16.4. The molecule has 4 saturated carbocycles. The summed E-state index contributed by atoms with van der Waals surface area (Å²) in [6.45, 7) is 18.2. The summed E-state index contributed by atoms with van der Waals surface area (Å²) in [6, 6.07) is 0. The van der Waals surface area contributed by atoms with Gasteiger partial charge in [-0.05, 0) is 118 Å². The molecule has 4 aliphatic rings. The Bertz CT molecular complexity index is 839. The molecule has 0 unspecified atom stereocenters. The van der Waals surface area contributed by atoms with Crippen LogP contribution in [0.1, 0.15) is 106 Å². The Kier molecular flexibility index (Phi) is 6.25. The van der Waals surface area contributed by atoms with Gasteiger partial charge in [-0.3, -0.25) is 4.79 Å². The maximum absolute atomic E-state index is 11.9. The molecule has 0 heterocycles. The van der Waals surface area contributed by atoms with Crippen LogP contribution in [0.3, 0.4) is 0 Å². The molecule has 0 aromatic rings. The molecule has 0 aromatic heterocycles. The Labute approximate surface area is 202 Å². The van der Waals surface area contributed by atoms with E-state index in [4.69, 9.17) is 0 Å². The Hall–Kier alpha value is -1.09. The Morgan fingerprint density at radius 3 is 2.48 bits per heavy atom. The summed E-state index contributed by atoms with van der Waals surface area (Å²) < 4.78 is 0. The Balaban J connectivity index is 1.65. The van der Waals surface area contributed by atoms with Crippen molar-refractivity contribution in [1.82, 2.24) is 0 Å². The van der Waals surface area contributed by atoms with E-state index >= 15 is 0 Å². The average molecular weight is 457 g/mol. The van der Waals surface area contributed by atoms with Gasteiger partial charge < -0.3 is 10.2 Å². The van der Waals surface area contributed by atoms with Crippen LogP contribution < -0.4 is 0 Å². The SMILES string of the molecule is C=C(C)[C@@H]1CC[C@@H]2[C@]3(C[C@@H](O)[C@]4(C)[C@@H]([C@H](C)CCC=C(C)C)CC[C@@]24C)C[C@]13CCC(=O)O. The van der Waals surface area contributed by atoms with E-state index in [9.17, 15) is 15.0 Å². The molecular formula is C30H48O3. The van der Waals surface area contributed by atoms with Crippen LogP contribution >= 0.6 is 0 Å². The zero-order chi connectivity index (χ0) is 24.4. The monoisotopic (exact) mass is 456 g/mol. The van der Waals surface area contributed by atoms with Crippen molar-refractivity contribution < 1.29 is 15.0 Å². The third-order valence-corrected chi connectivity index (χ3v) is 11.8. The topological polar surface area (TPSA) is 57.5 Å². The average Bonchev–Trinajstić information content (AvgIpc) is 3.29. The molecule has 0 amide bonds. The smallest absolute Gasteiger partial charge is 0.303 e. The molecule has 3 heteroatoms. The number of carboxylic acid groups (broad SMARTS) is 1. The van der Waals surface area contributed by atoms with Gasteiger partial charge in [0.15, 0.2) is 0 Å². The van der Waals surface area contributed by atoms with E-state index in [1.807, 2.05) is 0 Å². The fourth-order valence-electron chi connectivity index (χ4n) is 10.1. The number of hydrogen-bond donors (Lipinski definition) is 2. The molecule has 9 atom stereocenters. The van der Waals surface area contributed by atoms with Crippen molar-refractivity contribution >= 4 is 5.97 Å². The van der Waals surface area contributed by atoms with Crippen LogP contribution in [0.4, 0.5) is 0 Å². The first kappa shape index (κ1) is 25.0. The van der Waals surface area contributed by atoms with Gasteiger partial charge in [-0.2, -0.15) is 0 Å². The van der Waals surface area contributed by atoms with Gasteiger partial charge in [0.2, 0.25) is 0 Å². The number of aliphatic hydroxyl groups excluding tert-OH is 1. The van der Waals surface area contributed by atoms with Crippen LogP contribution in [0.25, 0.3) is 0 Å². The van der Waals surface area contributed by atoms with Gasteiger partial charge in [0.05, 0.1) is 6.10 Å². The molecule has 33 heavy (non-hydrogen) atoms. The summed E-state index contributed by atoms with van der Waals surface area (Å²) in [6.07, 6.45) is 12.1. The molecule has 1 spiro atoms. The second-order valence-electron chi connectivity index (χ2n) is 13.3. The summed E-state index contributed by atoms with van der Waals surface area (Å²) >= 11 is 0. The molecule has 0 radical (unpaired) electrons. The zero-order valence-electron chi connectivity index (χ0n) is 22.0. The predicted molar refractivity (Wildman–Crippen MR) is 135 cm³/mol. The lowest BCUT2D eigenvalue weighted by molar-refractivity contribution is -0.187. The molecule has 0 aliphatic heterocycles. The maximum Gasteiger partial charge on any atom is 0.303 e. The third kappa shape index (κ3) is 3.42. The minimum atomic E-state index is -0.687. The van der Waals surface area contributed by atoms with Gasteiger partial charge in [-0.15, -0.1) is 0 Å². The van der Waals surface area contributed by atoms with Crippen molar-refractivity contribution in [1.29, 1.82) is 0 Å². The van der Waals surface area contributed by atoms with E-state index in [0.29, 0.717) is 23.7 Å². The first-order valence-electron chi connectivity index (χ1n) is 13.5. The van der Waals surface area contributed by atoms with Crippen molar-refractivity contribution in [3.63, 3.8) is 0 Å². The normalized spacial score (nSPS) is 46.5. The number of hydrogen-bond acceptors (Lipinski definition) is 2. The molecule has 3 nitrogen and oxygen atoms in total. The van der Waals surface area contributed by atoms with E-state index in [2.05, 4.69) is 54.2 Å². The second-order valence-corrected chi connectivity index (χ2v) is 13.3. The van der Waals surface area contributed by atoms with E-state index in [1.54, 1.807) is 0 Å². The van der Waals surface area contributed by atoms with Gasteiger partial charge in [0.25, 0.3) is 0 Å². The van der Waals surface area contributed by atoms with Crippen molar-refractivity contribution in [2.24, 2.45) is 45.3 Å². The number of fused-ring (bicyclic) bond motifs is 2. The quantitative estimate of drug-likeness (QED) is 0.374. The summed E-state index contributed by atoms with van der Waals surface area (Å²) in [5.74, 6) is 1.49. The number of aliphatic carboxylic acids is 1. The van der Waals surface area contributed by atoms with E-state index in [-0.39, 0.29) is 34.2 Å². The molecule has 0 bridgehead atoms. The van der Waals surface area contributed by atoms with Gasteiger partial charge in [-0.25, -0.2) is 0 Å². The molecule has 0 aromatic carbocycles. The van der Waals surface area contributed by atoms with Crippen molar-refractivity contribution in [3.8, 4) is 0 Å². The van der Waals surface area contributed by atoms with E-state index < -0.39 is 5.97 Å². The molecular weight excluding hydrogens is 408 g/mol. The van der Waals surface area contributed by atoms with Gasteiger partial charge >= 0.3 is 5.97 Å². The number of rotatable bonds is 8. The third-order valence-electron chi connectivity index (χ3n) is 11.8. The van der Waals surface area contributed by atoms with Crippen LogP contribution in [-0.4, -0.2) is 22.3 Å². The van der Waals surface area contributed by atoms with Crippen LogP contribution in [-0.2, 0) is 4.79 Å². The minimum absolute atomic E-state index is 0.0403. The fraction of sp³-hybridized carbons (Fsp3) is 0.833. The first-order valence-corrected chi connectivity index (χ1v) is 13.5. The fourth-order valence-corrected chi connectivity index (χ4v) is 10.1. The molecule has 4 fully saturated rings. The molecule has 0 saturated heterocycles. The number of allylic oxidation sites excluding steroid dienone is 3. The first-order chi connectivity index (χ1) is 15.4. The summed E-state index contributed by atoms with van der Waals surface area (Å²) in [4.78, 5) is 11.6. The summed E-state index contributed by atoms with van der Waals surface area (Å²) in [5, 5.41) is 21.4. The van der Waals surface area contributed by atoms with Crippen molar-refractivity contribution in [2.45, 2.75) is 112 Å². The van der Waals surface area contributed by atoms with Crippen LogP contribution in [0.5, 0.6) is 0 Å². The molecule has 4 aliphatic carbocycles. The van der Waals surface area contributed by atoms with Crippen LogP contribution in [0.15, 0.2) is 23.8 Å². The maximum atomic E-state index is 11.9. The number of aliphatic hydroxyl groups is 1. The lowest BCUT2D eigenvalue weighted by Crippen LogP contribution is -2.60. The Morgan fingerprint density at radius 2 is 1.88 bits per heavy atom. The molecule has 186 valence electrons. The van der Waals surface area contributed by atoms with Gasteiger partial charge in [0, 0.05) is 11.8 Å². The Morgan fingerprint density at radius 1 is 1.18 bits per heavy atom. The lowest BCUT2D eigenvalue weighted by Gasteiger charge is -2.63.